The summed E-state index contributed by atoms with van der Waals surface area (Å²) in [5.41, 5.74) is 8.99. The van der Waals surface area contributed by atoms with Gasteiger partial charge >= 0.3 is 0 Å². The summed E-state index contributed by atoms with van der Waals surface area (Å²) in [6.45, 7) is 0. The van der Waals surface area contributed by atoms with Gasteiger partial charge in [0.05, 0.1) is 17.5 Å². The number of anilines is 1. The highest BCUT2D eigenvalue weighted by molar-refractivity contribution is 7.15. The number of aryl methyl sites for hydroxylation is 2. The van der Waals surface area contributed by atoms with Crippen LogP contribution in [-0.4, -0.2) is 9.97 Å². The van der Waals surface area contributed by atoms with Crippen LogP contribution in [0.1, 0.15) is 10.6 Å². The number of hydrogen-bond acceptors (Lipinski definition) is 5. The lowest BCUT2D eigenvalue weighted by atomic mass is 10.0. The van der Waals surface area contributed by atoms with Gasteiger partial charge in [0.2, 0.25) is 0 Å². The minimum absolute atomic E-state index is 0.529. The van der Waals surface area contributed by atoms with E-state index in [2.05, 4.69) is 4.98 Å². The summed E-state index contributed by atoms with van der Waals surface area (Å²) in [7, 11) is 0. The van der Waals surface area contributed by atoms with Crippen LogP contribution in [0.2, 0.25) is 0 Å². The largest absolute Gasteiger partial charge is 0.469 e. The van der Waals surface area contributed by atoms with Crippen LogP contribution < -0.4 is 5.73 Å². The molecule has 3 aromatic rings. The number of rotatable bonds is 1. The third kappa shape index (κ3) is 1.58. The normalized spacial score (nSPS) is 13.1. The van der Waals surface area contributed by atoms with Gasteiger partial charge in [-0.15, -0.1) is 11.3 Å². The summed E-state index contributed by atoms with van der Waals surface area (Å²) < 4.78 is 5.48. The van der Waals surface area contributed by atoms with E-state index < -0.39 is 0 Å². The van der Waals surface area contributed by atoms with Crippen LogP contribution in [0.3, 0.4) is 0 Å². The molecule has 0 saturated carbocycles. The van der Waals surface area contributed by atoms with Crippen molar-refractivity contribution in [3.05, 3.63) is 41.3 Å². The Morgan fingerprint density at radius 3 is 3.05 bits per heavy atom. The van der Waals surface area contributed by atoms with E-state index in [1.165, 1.54) is 4.88 Å². The molecule has 94 valence electrons. The predicted molar refractivity (Wildman–Crippen MR) is 74.9 cm³/mol. The van der Waals surface area contributed by atoms with E-state index in [-0.39, 0.29) is 0 Å². The Hall–Kier alpha value is -2.14. The second-order valence-electron chi connectivity index (χ2n) is 4.48. The van der Waals surface area contributed by atoms with Crippen LogP contribution in [0.25, 0.3) is 21.8 Å². The first-order valence-electron chi connectivity index (χ1n) is 6.10. The van der Waals surface area contributed by atoms with Gasteiger partial charge in [0.1, 0.15) is 16.6 Å². The molecule has 5 heteroatoms. The molecule has 19 heavy (non-hydrogen) atoms. The van der Waals surface area contributed by atoms with Gasteiger partial charge in [0.25, 0.3) is 0 Å². The fourth-order valence-electron chi connectivity index (χ4n) is 2.42. The van der Waals surface area contributed by atoms with Crippen molar-refractivity contribution < 1.29 is 4.42 Å². The van der Waals surface area contributed by atoms with Gasteiger partial charge in [0.15, 0.2) is 0 Å². The van der Waals surface area contributed by atoms with E-state index in [1.54, 1.807) is 23.8 Å². The molecule has 0 aliphatic heterocycles. The number of aromatic nitrogens is 2. The molecule has 3 heterocycles. The first kappa shape index (κ1) is 10.8. The zero-order chi connectivity index (χ0) is 12.8. The molecule has 4 nitrogen and oxygen atoms in total. The van der Waals surface area contributed by atoms with Crippen molar-refractivity contribution in [2.24, 2.45) is 0 Å². The molecule has 1 aliphatic carbocycles. The maximum Gasteiger partial charge on any atom is 0.133 e. The van der Waals surface area contributed by atoms with E-state index in [9.17, 15) is 0 Å². The highest BCUT2D eigenvalue weighted by Gasteiger charge is 2.23. The van der Waals surface area contributed by atoms with E-state index in [0.717, 1.165) is 40.4 Å². The maximum atomic E-state index is 5.92. The summed E-state index contributed by atoms with van der Waals surface area (Å²) in [5.74, 6) is 1.56. The summed E-state index contributed by atoms with van der Waals surface area (Å²) in [6.07, 6.45) is 5.35. The zero-order valence-electron chi connectivity index (χ0n) is 10.1. The third-order valence-electron chi connectivity index (χ3n) is 3.35. The van der Waals surface area contributed by atoms with Gasteiger partial charge in [-0.1, -0.05) is 0 Å². The first-order valence-corrected chi connectivity index (χ1v) is 6.92. The van der Waals surface area contributed by atoms with Crippen LogP contribution in [0, 0.1) is 0 Å². The number of thiazole rings is 1. The fraction of sp³-hybridized carbons (Fsp3) is 0.143. The summed E-state index contributed by atoms with van der Waals surface area (Å²) >= 11 is 1.70. The number of nitrogens with zero attached hydrogens (tertiary/aromatic N) is 2. The quantitative estimate of drug-likeness (QED) is 0.737. The lowest BCUT2D eigenvalue weighted by Gasteiger charge is -2.07. The smallest absolute Gasteiger partial charge is 0.133 e. The number of nitrogens with two attached hydrogens (primary N) is 1. The van der Waals surface area contributed by atoms with E-state index in [0.29, 0.717) is 5.82 Å². The Morgan fingerprint density at radius 1 is 1.21 bits per heavy atom. The first-order chi connectivity index (χ1) is 9.33. The SMILES string of the molecule is Nc1ncccc1-c1nc2c(s1)CCc1occc1-2. The molecule has 0 aromatic carbocycles. The van der Waals surface area contributed by atoms with Gasteiger partial charge in [-0.3, -0.25) is 0 Å². The summed E-state index contributed by atoms with van der Waals surface area (Å²) in [6, 6.07) is 5.84. The van der Waals surface area contributed by atoms with Crippen LogP contribution in [0.4, 0.5) is 5.82 Å². The van der Waals surface area contributed by atoms with Crippen molar-refractivity contribution >= 4 is 17.2 Å². The average Bonchev–Trinajstić information content (AvgIpc) is 3.04. The molecule has 0 bridgehead atoms. The summed E-state index contributed by atoms with van der Waals surface area (Å²) in [5, 5.41) is 0.935. The van der Waals surface area contributed by atoms with Crippen molar-refractivity contribution in [3.8, 4) is 21.8 Å². The number of furan rings is 1. The van der Waals surface area contributed by atoms with Gasteiger partial charge in [0, 0.05) is 23.1 Å². The van der Waals surface area contributed by atoms with E-state index in [1.807, 2.05) is 18.2 Å². The molecule has 0 saturated heterocycles. The molecule has 2 N–H and O–H groups in total. The topological polar surface area (TPSA) is 64.9 Å². The minimum Gasteiger partial charge on any atom is -0.469 e. The molecule has 0 spiro atoms. The van der Waals surface area contributed by atoms with Crippen molar-refractivity contribution in [3.63, 3.8) is 0 Å². The van der Waals surface area contributed by atoms with Gasteiger partial charge in [-0.05, 0) is 24.6 Å². The molecule has 0 atom stereocenters. The fourth-order valence-corrected chi connectivity index (χ4v) is 3.53. The summed E-state index contributed by atoms with van der Waals surface area (Å²) in [4.78, 5) is 10.2. The third-order valence-corrected chi connectivity index (χ3v) is 4.49. The van der Waals surface area contributed by atoms with Crippen LogP contribution in [0.5, 0.6) is 0 Å². The molecule has 0 fully saturated rings. The highest BCUT2D eigenvalue weighted by atomic mass is 32.1. The number of fused-ring (bicyclic) bond motifs is 3. The Kier molecular flexibility index (Phi) is 2.22. The zero-order valence-corrected chi connectivity index (χ0v) is 10.9. The highest BCUT2D eigenvalue weighted by Crippen LogP contribution is 2.40. The lowest BCUT2D eigenvalue weighted by molar-refractivity contribution is 0.508. The monoisotopic (exact) mass is 269 g/mol. The van der Waals surface area contributed by atoms with Crippen molar-refractivity contribution in [1.82, 2.24) is 9.97 Å². The van der Waals surface area contributed by atoms with Crippen molar-refractivity contribution in [2.45, 2.75) is 12.8 Å². The molecule has 3 aromatic heterocycles. The minimum atomic E-state index is 0.529. The average molecular weight is 269 g/mol. The lowest BCUT2D eigenvalue weighted by Crippen LogP contribution is -1.98. The Labute approximate surface area is 113 Å². The van der Waals surface area contributed by atoms with Crippen molar-refractivity contribution in [1.29, 1.82) is 0 Å². The molecule has 0 unspecified atom stereocenters. The van der Waals surface area contributed by atoms with E-state index in [4.69, 9.17) is 15.1 Å². The predicted octanol–water partition coefficient (Wildman–Crippen LogP) is 3.15. The Morgan fingerprint density at radius 2 is 2.16 bits per heavy atom. The maximum absolute atomic E-state index is 5.92. The molecular weight excluding hydrogens is 258 g/mol. The van der Waals surface area contributed by atoms with Crippen molar-refractivity contribution in [2.75, 3.05) is 5.73 Å². The Balaban J connectivity index is 1.89. The standard InChI is InChI=1S/C14H11N3OS/c15-13-9(2-1-6-16-13)14-17-12-8-5-7-18-10(8)3-4-11(12)19-14/h1-2,5-7H,3-4H2,(H2,15,16). The molecule has 4 rings (SSSR count). The van der Waals surface area contributed by atoms with Crippen LogP contribution in [-0.2, 0) is 12.8 Å². The molecule has 0 radical (unpaired) electrons. The Bertz CT molecular complexity index is 760. The molecule has 1 aliphatic rings. The van der Waals surface area contributed by atoms with Gasteiger partial charge in [-0.25, -0.2) is 9.97 Å². The van der Waals surface area contributed by atoms with Gasteiger partial charge in [-0.2, -0.15) is 0 Å². The number of pyridine rings is 1. The molecular formula is C14H11N3OS. The number of hydrogen-bond donors (Lipinski definition) is 1. The van der Waals surface area contributed by atoms with Crippen LogP contribution >= 0.6 is 11.3 Å². The second kappa shape index (κ2) is 3.93. The van der Waals surface area contributed by atoms with E-state index >= 15 is 0 Å². The van der Waals surface area contributed by atoms with Gasteiger partial charge < -0.3 is 10.2 Å². The number of nitrogen functional groups attached to an aromatic ring is 1. The van der Waals surface area contributed by atoms with Crippen LogP contribution in [0.15, 0.2) is 35.1 Å². The second-order valence-corrected chi connectivity index (χ2v) is 5.57. The molecule has 0 amide bonds.